The Hall–Kier alpha value is -3.29. The van der Waals surface area contributed by atoms with Gasteiger partial charge < -0.3 is 14.0 Å². The number of rotatable bonds is 6. The van der Waals surface area contributed by atoms with Crippen LogP contribution in [0, 0.1) is 0 Å². The van der Waals surface area contributed by atoms with Crippen molar-refractivity contribution in [1.82, 2.24) is 18.7 Å². The Morgan fingerprint density at radius 1 is 1.04 bits per heavy atom. The smallest absolute Gasteiger partial charge is 0.332 e. The lowest BCUT2D eigenvalue weighted by Crippen LogP contribution is -2.39. The first-order valence-electron chi connectivity index (χ1n) is 9.07. The van der Waals surface area contributed by atoms with Gasteiger partial charge in [-0.2, -0.15) is 0 Å². The molecule has 0 unspecified atom stereocenters. The van der Waals surface area contributed by atoms with Crippen molar-refractivity contribution >= 4 is 23.3 Å². The van der Waals surface area contributed by atoms with E-state index in [2.05, 4.69) is 4.98 Å². The van der Waals surface area contributed by atoms with Gasteiger partial charge in [-0.25, -0.2) is 9.78 Å². The largest absolute Gasteiger partial charge is 0.493 e. The zero-order valence-electron chi connectivity index (χ0n) is 16.7. The van der Waals surface area contributed by atoms with Gasteiger partial charge in [-0.1, -0.05) is 12.1 Å². The summed E-state index contributed by atoms with van der Waals surface area (Å²) in [5, 5.41) is 0. The molecule has 148 valence electrons. The maximum atomic E-state index is 12.8. The minimum Gasteiger partial charge on any atom is -0.493 e. The van der Waals surface area contributed by atoms with Gasteiger partial charge in [-0.05, 0) is 32.1 Å². The molecule has 28 heavy (non-hydrogen) atoms. The monoisotopic (exact) mass is 384 g/mol. The van der Waals surface area contributed by atoms with E-state index in [4.69, 9.17) is 9.47 Å². The summed E-state index contributed by atoms with van der Waals surface area (Å²) >= 11 is 0. The van der Waals surface area contributed by atoms with E-state index in [-0.39, 0.29) is 11.2 Å². The van der Waals surface area contributed by atoms with Gasteiger partial charge in [0.15, 0.2) is 22.7 Å². The average molecular weight is 384 g/mol. The van der Waals surface area contributed by atoms with Crippen molar-refractivity contribution in [1.29, 1.82) is 0 Å². The van der Waals surface area contributed by atoms with Crippen LogP contribution in [-0.2, 0) is 20.1 Å². The lowest BCUT2D eigenvalue weighted by Gasteiger charge is -2.09. The van der Waals surface area contributed by atoms with Crippen molar-refractivity contribution in [3.05, 3.63) is 50.4 Å². The van der Waals surface area contributed by atoms with Gasteiger partial charge >= 0.3 is 5.69 Å². The third-order valence-electron chi connectivity index (χ3n) is 4.75. The van der Waals surface area contributed by atoms with Crippen LogP contribution in [-0.4, -0.2) is 32.9 Å². The fourth-order valence-corrected chi connectivity index (χ4v) is 3.30. The molecule has 3 rings (SSSR count). The van der Waals surface area contributed by atoms with Crippen LogP contribution in [0.1, 0.15) is 25.2 Å². The van der Waals surface area contributed by atoms with Crippen LogP contribution in [0.2, 0.25) is 0 Å². The lowest BCUT2D eigenvalue weighted by molar-refractivity contribution is 0.354. The molecule has 8 heteroatoms. The summed E-state index contributed by atoms with van der Waals surface area (Å²) < 4.78 is 15.2. The van der Waals surface area contributed by atoms with Gasteiger partial charge in [0.05, 0.1) is 14.2 Å². The first-order valence-corrected chi connectivity index (χ1v) is 9.07. The number of hydrogen-bond acceptors (Lipinski definition) is 5. The molecule has 2 heterocycles. The quantitative estimate of drug-likeness (QED) is 0.650. The van der Waals surface area contributed by atoms with E-state index in [1.54, 1.807) is 38.8 Å². The second-order valence-corrected chi connectivity index (χ2v) is 6.19. The van der Waals surface area contributed by atoms with Crippen molar-refractivity contribution in [2.75, 3.05) is 14.2 Å². The summed E-state index contributed by atoms with van der Waals surface area (Å²) in [6.07, 6.45) is 3.63. The van der Waals surface area contributed by atoms with Crippen LogP contribution in [0.4, 0.5) is 0 Å². The van der Waals surface area contributed by atoms with Crippen molar-refractivity contribution in [3.63, 3.8) is 0 Å². The van der Waals surface area contributed by atoms with E-state index in [0.717, 1.165) is 5.56 Å². The second kappa shape index (κ2) is 7.75. The number of imidazole rings is 1. The molecule has 0 radical (unpaired) electrons. The van der Waals surface area contributed by atoms with Crippen molar-refractivity contribution < 1.29 is 9.47 Å². The summed E-state index contributed by atoms with van der Waals surface area (Å²) in [5.74, 6) is 1.80. The Morgan fingerprint density at radius 3 is 2.36 bits per heavy atom. The molecule has 0 amide bonds. The van der Waals surface area contributed by atoms with E-state index in [1.807, 2.05) is 31.2 Å². The van der Waals surface area contributed by atoms with Gasteiger partial charge in [0.2, 0.25) is 0 Å². The minimum atomic E-state index is -0.342. The third kappa shape index (κ3) is 3.00. The maximum absolute atomic E-state index is 12.8. The zero-order chi connectivity index (χ0) is 20.4. The molecule has 0 aliphatic rings. The van der Waals surface area contributed by atoms with Crippen LogP contribution in [0.5, 0.6) is 11.5 Å². The highest BCUT2D eigenvalue weighted by Crippen LogP contribution is 2.31. The third-order valence-corrected chi connectivity index (χ3v) is 4.75. The Morgan fingerprint density at radius 2 is 1.75 bits per heavy atom. The van der Waals surface area contributed by atoms with Crippen molar-refractivity contribution in [2.45, 2.75) is 26.9 Å². The van der Waals surface area contributed by atoms with Crippen LogP contribution in [0.3, 0.4) is 0 Å². The molecule has 0 fully saturated rings. The molecule has 0 saturated heterocycles. The summed E-state index contributed by atoms with van der Waals surface area (Å²) in [6.45, 7) is 4.38. The summed E-state index contributed by atoms with van der Waals surface area (Å²) in [7, 11) is 4.93. The molecule has 1 aromatic carbocycles. The summed E-state index contributed by atoms with van der Waals surface area (Å²) in [4.78, 5) is 29.9. The topological polar surface area (TPSA) is 80.3 Å². The molecule has 0 bridgehead atoms. The van der Waals surface area contributed by atoms with E-state index in [0.29, 0.717) is 41.6 Å². The van der Waals surface area contributed by atoms with Gasteiger partial charge in [0.1, 0.15) is 5.82 Å². The van der Waals surface area contributed by atoms with Gasteiger partial charge in [0.25, 0.3) is 5.56 Å². The predicted molar refractivity (Wildman–Crippen MR) is 109 cm³/mol. The van der Waals surface area contributed by atoms with Crippen LogP contribution in [0.25, 0.3) is 23.3 Å². The summed E-state index contributed by atoms with van der Waals surface area (Å²) in [6, 6.07) is 5.58. The number of aromatic nitrogens is 4. The van der Waals surface area contributed by atoms with Gasteiger partial charge in [0, 0.05) is 25.7 Å². The number of methoxy groups -OCH3 is 2. The van der Waals surface area contributed by atoms with E-state index >= 15 is 0 Å². The standard InChI is InChI=1S/C20H24N4O4/c1-6-23-18-16(19(25)24(7-2)20(23)26)22(3)15(21-18)12-11-13-9-8-10-14(27-4)17(13)28-5/h8-12H,6-7H2,1-5H3/b12-11+. The molecule has 0 aliphatic carbocycles. The summed E-state index contributed by atoms with van der Waals surface area (Å²) in [5.41, 5.74) is 0.932. The molecule has 0 aliphatic heterocycles. The van der Waals surface area contributed by atoms with Gasteiger partial charge in [-0.15, -0.1) is 0 Å². The van der Waals surface area contributed by atoms with Crippen LogP contribution < -0.4 is 20.7 Å². The molecule has 2 aromatic heterocycles. The molecular formula is C20H24N4O4. The molecule has 0 saturated carbocycles. The number of fused-ring (bicyclic) bond motifs is 1. The fourth-order valence-electron chi connectivity index (χ4n) is 3.30. The fraction of sp³-hybridized carbons (Fsp3) is 0.350. The Labute approximate surface area is 162 Å². The van der Waals surface area contributed by atoms with Gasteiger partial charge in [-0.3, -0.25) is 13.9 Å². The van der Waals surface area contributed by atoms with Crippen molar-refractivity contribution in [2.24, 2.45) is 7.05 Å². The molecular weight excluding hydrogens is 360 g/mol. The maximum Gasteiger partial charge on any atom is 0.332 e. The Kier molecular flexibility index (Phi) is 5.39. The number of ether oxygens (including phenoxy) is 2. The molecule has 0 N–H and O–H groups in total. The van der Waals surface area contributed by atoms with E-state index in [1.165, 1.54) is 9.13 Å². The van der Waals surface area contributed by atoms with E-state index in [9.17, 15) is 9.59 Å². The van der Waals surface area contributed by atoms with Crippen molar-refractivity contribution in [3.8, 4) is 11.5 Å². The highest BCUT2D eigenvalue weighted by molar-refractivity contribution is 5.78. The molecule has 3 aromatic rings. The first kappa shape index (κ1) is 19.5. The van der Waals surface area contributed by atoms with Crippen LogP contribution in [0.15, 0.2) is 27.8 Å². The molecule has 8 nitrogen and oxygen atoms in total. The number of para-hydroxylation sites is 1. The Bertz CT molecular complexity index is 1170. The lowest BCUT2D eigenvalue weighted by atomic mass is 10.1. The number of aryl methyl sites for hydroxylation is 2. The number of benzene rings is 1. The molecule has 0 spiro atoms. The van der Waals surface area contributed by atoms with E-state index < -0.39 is 0 Å². The van der Waals surface area contributed by atoms with Crippen LogP contribution >= 0.6 is 0 Å². The normalized spacial score (nSPS) is 11.5. The zero-order valence-corrected chi connectivity index (χ0v) is 16.7. The highest BCUT2D eigenvalue weighted by Gasteiger charge is 2.18. The minimum absolute atomic E-state index is 0.310. The number of nitrogens with zero attached hydrogens (tertiary/aromatic N) is 4. The predicted octanol–water partition coefficient (Wildman–Crippen LogP) is 2.12. The highest BCUT2D eigenvalue weighted by atomic mass is 16.5. The number of hydrogen-bond donors (Lipinski definition) is 0. The Balaban J connectivity index is 2.20. The molecule has 0 atom stereocenters. The average Bonchev–Trinajstić information content (AvgIpc) is 3.02. The SMILES string of the molecule is CCn1c(=O)c2c(nc(/C=C/c3cccc(OC)c3OC)n2C)n(CC)c1=O. The first-order chi connectivity index (χ1) is 13.5. The second-order valence-electron chi connectivity index (χ2n) is 6.19.